The van der Waals surface area contributed by atoms with E-state index in [0.717, 1.165) is 56.6 Å². The number of aldehydes is 1. The number of halogens is 1. The van der Waals surface area contributed by atoms with Crippen LogP contribution in [-0.2, 0) is 5.41 Å². The zero-order valence-electron chi connectivity index (χ0n) is 18.2. The number of benzene rings is 2. The number of amidine groups is 1. The molecule has 2 aliphatic heterocycles. The molecule has 1 saturated carbocycles. The normalized spacial score (nSPS) is 22.1. The van der Waals surface area contributed by atoms with Crippen molar-refractivity contribution in [3.05, 3.63) is 58.1 Å². The first kappa shape index (κ1) is 20.7. The van der Waals surface area contributed by atoms with Gasteiger partial charge >= 0.3 is 0 Å². The van der Waals surface area contributed by atoms with Crippen molar-refractivity contribution in [1.29, 1.82) is 0 Å². The minimum absolute atomic E-state index is 0.0720. The van der Waals surface area contributed by atoms with Crippen molar-refractivity contribution in [3.63, 3.8) is 0 Å². The van der Waals surface area contributed by atoms with Crippen LogP contribution in [0.4, 0.5) is 11.4 Å². The van der Waals surface area contributed by atoms with Gasteiger partial charge in [-0.05, 0) is 74.0 Å². The minimum Gasteiger partial charge on any atom is -0.317 e. The zero-order chi connectivity index (χ0) is 21.4. The molecule has 5 rings (SSSR count). The Morgan fingerprint density at radius 3 is 2.58 bits per heavy atom. The first-order valence-electron chi connectivity index (χ1n) is 11.6. The van der Waals surface area contributed by atoms with Crippen LogP contribution in [0, 0.1) is 0 Å². The Morgan fingerprint density at radius 1 is 1.10 bits per heavy atom. The highest BCUT2D eigenvalue weighted by atomic mass is 35.5. The molecule has 1 N–H and O–H groups in total. The Bertz CT molecular complexity index is 1020. The quantitative estimate of drug-likeness (QED) is 0.601. The number of nitrogens with one attached hydrogen (secondary N) is 1. The van der Waals surface area contributed by atoms with Gasteiger partial charge in [-0.2, -0.15) is 0 Å². The lowest BCUT2D eigenvalue weighted by Gasteiger charge is -2.35. The Morgan fingerprint density at radius 2 is 1.87 bits per heavy atom. The summed E-state index contributed by atoms with van der Waals surface area (Å²) < 4.78 is 0. The number of aliphatic imine (C=N–C) groups is 1. The fourth-order valence-electron chi connectivity index (χ4n) is 6.04. The summed E-state index contributed by atoms with van der Waals surface area (Å²) in [7, 11) is 1.89. The van der Waals surface area contributed by atoms with Crippen molar-refractivity contribution in [2.24, 2.45) is 4.99 Å². The van der Waals surface area contributed by atoms with E-state index in [1.807, 2.05) is 19.2 Å². The van der Waals surface area contributed by atoms with Gasteiger partial charge in [-0.3, -0.25) is 14.7 Å². The molecule has 1 aliphatic carbocycles. The van der Waals surface area contributed by atoms with Gasteiger partial charge < -0.3 is 5.32 Å². The summed E-state index contributed by atoms with van der Waals surface area (Å²) in [5, 5.41) is 3.96. The molecule has 2 aromatic carbocycles. The number of anilines is 2. The van der Waals surface area contributed by atoms with Gasteiger partial charge in [0.2, 0.25) is 0 Å². The number of nitrogens with zero attached hydrogens (tertiary/aromatic N) is 2. The van der Waals surface area contributed by atoms with Gasteiger partial charge in [-0.25, -0.2) is 0 Å². The van der Waals surface area contributed by atoms with E-state index in [1.54, 1.807) is 6.07 Å². The van der Waals surface area contributed by atoms with E-state index in [4.69, 9.17) is 16.6 Å². The number of carbonyl (C=O) groups is 1. The van der Waals surface area contributed by atoms with Crippen LogP contribution in [0.1, 0.15) is 72.3 Å². The molecule has 2 fully saturated rings. The maximum Gasteiger partial charge on any atom is 0.153 e. The minimum atomic E-state index is -0.0720. The van der Waals surface area contributed by atoms with Crippen LogP contribution in [0.2, 0.25) is 5.02 Å². The first-order valence-corrected chi connectivity index (χ1v) is 11.9. The van der Waals surface area contributed by atoms with Crippen LogP contribution in [-0.4, -0.2) is 32.3 Å². The van der Waals surface area contributed by atoms with E-state index in [0.29, 0.717) is 16.5 Å². The molecule has 1 spiro atoms. The van der Waals surface area contributed by atoms with Gasteiger partial charge in [0.15, 0.2) is 6.29 Å². The van der Waals surface area contributed by atoms with Gasteiger partial charge in [0, 0.05) is 7.05 Å². The number of hydrogen-bond donors (Lipinski definition) is 1. The third-order valence-electron chi connectivity index (χ3n) is 7.54. The standard InChI is InChI=1S/C26H30ClN3O/c1-28-25-26(12-3-2-4-13-26)21-9-8-19(18-10-14-29-15-11-18)16-24(21)30(25)23-7-5-6-22(27)20(23)17-31/h5-9,16-18,29H,2-4,10-15H2,1H3. The van der Waals surface area contributed by atoms with E-state index in [-0.39, 0.29) is 5.41 Å². The average Bonchev–Trinajstić information content (AvgIpc) is 3.08. The fraction of sp³-hybridized carbons (Fsp3) is 0.462. The van der Waals surface area contributed by atoms with Gasteiger partial charge in [0.05, 0.1) is 27.4 Å². The van der Waals surface area contributed by atoms with Crippen molar-refractivity contribution >= 4 is 35.1 Å². The highest BCUT2D eigenvalue weighted by molar-refractivity contribution is 6.34. The molecule has 3 aliphatic rings. The highest BCUT2D eigenvalue weighted by Gasteiger charge is 2.49. The molecule has 0 amide bonds. The van der Waals surface area contributed by atoms with E-state index in [2.05, 4.69) is 28.4 Å². The molecule has 0 aromatic heterocycles. The molecule has 2 heterocycles. The molecule has 4 nitrogen and oxygen atoms in total. The second-order valence-corrected chi connectivity index (χ2v) is 9.52. The van der Waals surface area contributed by atoms with Crippen LogP contribution in [0.3, 0.4) is 0 Å². The van der Waals surface area contributed by atoms with Gasteiger partial charge in [0.25, 0.3) is 0 Å². The van der Waals surface area contributed by atoms with Crippen LogP contribution in [0.25, 0.3) is 0 Å². The monoisotopic (exact) mass is 435 g/mol. The lowest BCUT2D eigenvalue weighted by atomic mass is 9.69. The molecular formula is C26H30ClN3O. The summed E-state index contributed by atoms with van der Waals surface area (Å²) in [5.74, 6) is 1.64. The largest absolute Gasteiger partial charge is 0.317 e. The van der Waals surface area contributed by atoms with Crippen molar-refractivity contribution in [2.45, 2.75) is 56.3 Å². The van der Waals surface area contributed by atoms with E-state index in [9.17, 15) is 4.79 Å². The van der Waals surface area contributed by atoms with Gasteiger partial charge in [0.1, 0.15) is 5.84 Å². The summed E-state index contributed by atoms with van der Waals surface area (Å²) >= 11 is 6.45. The summed E-state index contributed by atoms with van der Waals surface area (Å²) in [6.45, 7) is 2.14. The van der Waals surface area contributed by atoms with E-state index < -0.39 is 0 Å². The smallest absolute Gasteiger partial charge is 0.153 e. The Hall–Kier alpha value is -2.17. The topological polar surface area (TPSA) is 44.7 Å². The second kappa shape index (κ2) is 8.40. The lowest BCUT2D eigenvalue weighted by Crippen LogP contribution is -2.40. The van der Waals surface area contributed by atoms with Crippen molar-refractivity contribution in [2.75, 3.05) is 25.0 Å². The lowest BCUT2D eigenvalue weighted by molar-refractivity contribution is 0.112. The Balaban J connectivity index is 1.71. The van der Waals surface area contributed by atoms with Crippen LogP contribution >= 0.6 is 11.6 Å². The maximum atomic E-state index is 12.0. The number of rotatable bonds is 3. The number of carbonyl (C=O) groups excluding carboxylic acids is 1. The van der Waals surface area contributed by atoms with Crippen molar-refractivity contribution < 1.29 is 4.79 Å². The molecule has 0 radical (unpaired) electrons. The fourth-order valence-corrected chi connectivity index (χ4v) is 6.25. The summed E-state index contributed by atoms with van der Waals surface area (Å²) in [6, 6.07) is 12.8. The second-order valence-electron chi connectivity index (χ2n) is 9.12. The molecule has 0 unspecified atom stereocenters. The molecule has 0 atom stereocenters. The maximum absolute atomic E-state index is 12.0. The molecule has 0 bridgehead atoms. The molecular weight excluding hydrogens is 406 g/mol. The molecule has 162 valence electrons. The van der Waals surface area contributed by atoms with E-state index in [1.165, 1.54) is 36.1 Å². The van der Waals surface area contributed by atoms with Crippen molar-refractivity contribution in [1.82, 2.24) is 5.32 Å². The average molecular weight is 436 g/mol. The van der Waals surface area contributed by atoms with Crippen molar-refractivity contribution in [3.8, 4) is 0 Å². The Labute approximate surface area is 189 Å². The SMILES string of the molecule is CN=C1N(c2cccc(Cl)c2C=O)c2cc(C3CCNCC3)ccc2C12CCCCC2. The highest BCUT2D eigenvalue weighted by Crippen LogP contribution is 2.54. The van der Waals surface area contributed by atoms with Crippen LogP contribution in [0.5, 0.6) is 0 Å². The number of hydrogen-bond acceptors (Lipinski definition) is 3. The zero-order valence-corrected chi connectivity index (χ0v) is 18.9. The number of fused-ring (bicyclic) bond motifs is 2. The predicted molar refractivity (Wildman–Crippen MR) is 128 cm³/mol. The van der Waals surface area contributed by atoms with Gasteiger partial charge in [-0.1, -0.05) is 49.1 Å². The molecule has 31 heavy (non-hydrogen) atoms. The third-order valence-corrected chi connectivity index (χ3v) is 7.87. The van der Waals surface area contributed by atoms with E-state index >= 15 is 0 Å². The third kappa shape index (κ3) is 3.32. The number of piperidine rings is 1. The summed E-state index contributed by atoms with van der Waals surface area (Å²) in [6.07, 6.45) is 9.10. The Kier molecular flexibility index (Phi) is 5.61. The summed E-state index contributed by atoms with van der Waals surface area (Å²) in [5.41, 5.74) is 5.25. The van der Waals surface area contributed by atoms with Crippen LogP contribution < -0.4 is 10.2 Å². The molecule has 2 aromatic rings. The predicted octanol–water partition coefficient (Wildman–Crippen LogP) is 6.00. The van der Waals surface area contributed by atoms with Gasteiger partial charge in [-0.15, -0.1) is 0 Å². The molecule has 5 heteroatoms. The first-order chi connectivity index (χ1) is 15.2. The molecule has 1 saturated heterocycles. The van der Waals surface area contributed by atoms with Crippen LogP contribution in [0.15, 0.2) is 41.4 Å². The summed E-state index contributed by atoms with van der Waals surface area (Å²) in [4.78, 5) is 19.1.